The third-order valence-corrected chi connectivity index (χ3v) is 4.00. The molecule has 1 amide bonds. The molecule has 23 heavy (non-hydrogen) atoms. The summed E-state index contributed by atoms with van der Waals surface area (Å²) in [4.78, 5) is 25.0. The van der Waals surface area contributed by atoms with Crippen LogP contribution < -0.4 is 4.74 Å². The summed E-state index contributed by atoms with van der Waals surface area (Å²) in [5.41, 5.74) is 5.23. The molecular formula is C18H23N3O2. The summed E-state index contributed by atoms with van der Waals surface area (Å²) in [7, 11) is 1.60. The molecule has 0 fully saturated rings. The van der Waals surface area contributed by atoms with Crippen molar-refractivity contribution in [3.05, 3.63) is 34.5 Å². The zero-order valence-corrected chi connectivity index (χ0v) is 14.4. The van der Waals surface area contributed by atoms with Gasteiger partial charge in [0, 0.05) is 17.0 Å². The van der Waals surface area contributed by atoms with Crippen LogP contribution in [0.5, 0.6) is 5.88 Å². The summed E-state index contributed by atoms with van der Waals surface area (Å²) in [6.07, 6.45) is 3.56. The van der Waals surface area contributed by atoms with Gasteiger partial charge in [-0.2, -0.15) is 0 Å². The molecule has 0 unspecified atom stereocenters. The molecule has 1 aromatic heterocycles. The van der Waals surface area contributed by atoms with Gasteiger partial charge in [0.2, 0.25) is 5.88 Å². The number of carbonyl (C=O) groups excluding carboxylic acids is 1. The Morgan fingerprint density at radius 1 is 1.17 bits per heavy atom. The van der Waals surface area contributed by atoms with Crippen molar-refractivity contribution in [3.8, 4) is 5.88 Å². The summed E-state index contributed by atoms with van der Waals surface area (Å²) in [6, 6.07) is 2.05. The van der Waals surface area contributed by atoms with Crippen molar-refractivity contribution in [2.24, 2.45) is 9.98 Å². The summed E-state index contributed by atoms with van der Waals surface area (Å²) in [5.74, 6) is 0.279. The van der Waals surface area contributed by atoms with Gasteiger partial charge in [-0.1, -0.05) is 13.8 Å². The number of allylic oxidation sites excluding steroid dienone is 1. The molecule has 2 rings (SSSR count). The van der Waals surface area contributed by atoms with E-state index in [1.54, 1.807) is 7.11 Å². The van der Waals surface area contributed by atoms with Crippen molar-refractivity contribution in [1.29, 1.82) is 0 Å². The molecule has 1 aromatic rings. The Morgan fingerprint density at radius 3 is 2.52 bits per heavy atom. The number of carbonyl (C=O) groups is 1. The molecule has 1 aliphatic rings. The minimum absolute atomic E-state index is 0.283. The third-order valence-electron chi connectivity index (χ3n) is 4.00. The molecule has 0 aromatic carbocycles. The number of aromatic nitrogens is 1. The summed E-state index contributed by atoms with van der Waals surface area (Å²) >= 11 is 0. The fraction of sp³-hybridized carbons (Fsp3) is 0.444. The first kappa shape index (κ1) is 17.1. The Bertz CT molecular complexity index is 715. The van der Waals surface area contributed by atoms with E-state index in [-0.39, 0.29) is 5.91 Å². The first-order valence-corrected chi connectivity index (χ1v) is 7.88. The highest BCUT2D eigenvalue weighted by atomic mass is 16.5. The average molecular weight is 313 g/mol. The highest BCUT2D eigenvalue weighted by Crippen LogP contribution is 2.21. The van der Waals surface area contributed by atoms with Crippen molar-refractivity contribution in [2.75, 3.05) is 7.11 Å². The maximum atomic E-state index is 12.0. The number of dihydropyridines is 1. The normalized spacial score (nSPS) is 16.4. The van der Waals surface area contributed by atoms with Crippen LogP contribution in [-0.4, -0.2) is 29.4 Å². The molecule has 0 aliphatic carbocycles. The number of hydrogen-bond acceptors (Lipinski definition) is 4. The van der Waals surface area contributed by atoms with Crippen LogP contribution in [0, 0.1) is 6.92 Å². The predicted octanol–water partition coefficient (Wildman–Crippen LogP) is 3.24. The monoisotopic (exact) mass is 313 g/mol. The van der Waals surface area contributed by atoms with E-state index >= 15 is 0 Å². The second-order valence-electron chi connectivity index (χ2n) is 5.48. The molecular weight excluding hydrogens is 290 g/mol. The van der Waals surface area contributed by atoms with E-state index < -0.39 is 0 Å². The number of pyridine rings is 1. The summed E-state index contributed by atoms with van der Waals surface area (Å²) in [6.45, 7) is 8.30. The standard InChI is InChI=1S/C18H23N3O2/c1-6-13-8-15(18(23-5)21-12(13)4)10-19-16-9-14(7-2)11(3)20-17(16)22/h8-9H,6-7,10H2,1-5H3. The quantitative estimate of drug-likeness (QED) is 0.838. The summed E-state index contributed by atoms with van der Waals surface area (Å²) in [5, 5.41) is 0. The molecule has 122 valence electrons. The van der Waals surface area contributed by atoms with Crippen LogP contribution in [0.1, 0.15) is 44.0 Å². The van der Waals surface area contributed by atoms with Crippen LogP contribution in [0.15, 0.2) is 27.7 Å². The lowest BCUT2D eigenvalue weighted by Gasteiger charge is -2.12. The second kappa shape index (κ2) is 7.31. The molecule has 0 saturated heterocycles. The number of aliphatic imine (C=N–C) groups is 2. The van der Waals surface area contributed by atoms with Crippen LogP contribution in [0.3, 0.4) is 0 Å². The van der Waals surface area contributed by atoms with Gasteiger partial charge in [-0.15, -0.1) is 0 Å². The molecule has 0 bridgehead atoms. The summed E-state index contributed by atoms with van der Waals surface area (Å²) < 4.78 is 5.34. The Kier molecular flexibility index (Phi) is 5.42. The molecule has 0 N–H and O–H groups in total. The van der Waals surface area contributed by atoms with Crippen molar-refractivity contribution >= 4 is 17.3 Å². The SMILES string of the molecule is CCC1=CC(=NCc2cc(CC)c(C)nc2OC)C(=O)N=C1C. The lowest BCUT2D eigenvalue weighted by molar-refractivity contribution is -0.111. The Labute approximate surface area is 137 Å². The zero-order valence-electron chi connectivity index (χ0n) is 14.4. The van der Waals surface area contributed by atoms with Crippen molar-refractivity contribution in [1.82, 2.24) is 4.98 Å². The minimum Gasteiger partial charge on any atom is -0.481 e. The van der Waals surface area contributed by atoms with E-state index in [1.807, 2.05) is 26.8 Å². The van der Waals surface area contributed by atoms with Gasteiger partial charge < -0.3 is 4.74 Å². The highest BCUT2D eigenvalue weighted by Gasteiger charge is 2.17. The first-order valence-electron chi connectivity index (χ1n) is 7.88. The van der Waals surface area contributed by atoms with Gasteiger partial charge in [0.25, 0.3) is 5.91 Å². The number of aryl methyl sites for hydroxylation is 2. The molecule has 0 saturated carbocycles. The molecule has 0 radical (unpaired) electrons. The van der Waals surface area contributed by atoms with Gasteiger partial charge in [-0.3, -0.25) is 9.79 Å². The van der Waals surface area contributed by atoms with Crippen LogP contribution in [0.2, 0.25) is 0 Å². The van der Waals surface area contributed by atoms with E-state index in [0.717, 1.165) is 40.9 Å². The second-order valence-corrected chi connectivity index (χ2v) is 5.48. The fourth-order valence-corrected chi connectivity index (χ4v) is 2.57. The lowest BCUT2D eigenvalue weighted by Crippen LogP contribution is -2.19. The molecule has 2 heterocycles. The molecule has 5 nitrogen and oxygen atoms in total. The number of rotatable bonds is 5. The van der Waals surface area contributed by atoms with Gasteiger partial charge in [-0.25, -0.2) is 9.98 Å². The number of ether oxygens (including phenoxy) is 1. The van der Waals surface area contributed by atoms with E-state index in [4.69, 9.17) is 4.74 Å². The number of methoxy groups -OCH3 is 1. The van der Waals surface area contributed by atoms with Gasteiger partial charge in [0.1, 0.15) is 5.71 Å². The predicted molar refractivity (Wildman–Crippen MR) is 92.5 cm³/mol. The average Bonchev–Trinajstić information content (AvgIpc) is 2.54. The van der Waals surface area contributed by atoms with Crippen molar-refractivity contribution < 1.29 is 9.53 Å². The largest absolute Gasteiger partial charge is 0.481 e. The molecule has 1 aliphatic heterocycles. The van der Waals surface area contributed by atoms with Crippen molar-refractivity contribution in [3.63, 3.8) is 0 Å². The van der Waals surface area contributed by atoms with E-state index in [1.165, 1.54) is 0 Å². The van der Waals surface area contributed by atoms with Gasteiger partial charge in [0.05, 0.1) is 13.7 Å². The smallest absolute Gasteiger partial charge is 0.295 e. The van der Waals surface area contributed by atoms with E-state index in [2.05, 4.69) is 28.0 Å². The molecule has 5 heteroatoms. The third kappa shape index (κ3) is 3.73. The maximum absolute atomic E-state index is 12.0. The van der Waals surface area contributed by atoms with Crippen LogP contribution in [0.4, 0.5) is 0 Å². The number of hydrogen-bond donors (Lipinski definition) is 0. The minimum atomic E-state index is -0.283. The highest BCUT2D eigenvalue weighted by molar-refractivity contribution is 6.47. The van der Waals surface area contributed by atoms with Gasteiger partial charge in [-0.05, 0) is 50.0 Å². The number of nitrogens with zero attached hydrogens (tertiary/aromatic N) is 3. The zero-order chi connectivity index (χ0) is 17.0. The van der Waals surface area contributed by atoms with E-state index in [0.29, 0.717) is 18.1 Å². The Hall–Kier alpha value is -2.30. The molecule has 0 atom stereocenters. The first-order chi connectivity index (χ1) is 11.0. The van der Waals surface area contributed by atoms with Crippen LogP contribution in [0.25, 0.3) is 0 Å². The van der Waals surface area contributed by atoms with Crippen LogP contribution in [-0.2, 0) is 17.8 Å². The number of amides is 1. The maximum Gasteiger partial charge on any atom is 0.295 e. The fourth-order valence-electron chi connectivity index (χ4n) is 2.57. The molecule has 0 spiro atoms. The van der Waals surface area contributed by atoms with Crippen molar-refractivity contribution in [2.45, 2.75) is 47.1 Å². The van der Waals surface area contributed by atoms with Gasteiger partial charge in [0.15, 0.2) is 0 Å². The Morgan fingerprint density at radius 2 is 1.91 bits per heavy atom. The topological polar surface area (TPSA) is 63.9 Å². The lowest BCUT2D eigenvalue weighted by atomic mass is 10.0. The van der Waals surface area contributed by atoms with E-state index in [9.17, 15) is 4.79 Å². The van der Waals surface area contributed by atoms with Crippen LogP contribution >= 0.6 is 0 Å². The van der Waals surface area contributed by atoms with Gasteiger partial charge >= 0.3 is 0 Å². The Balaban J connectivity index is 2.33.